The Hall–Kier alpha value is -2.25. The standard InChI is InChI=1S/C14H14N4O2S/c1-8(15)14-16-11(7-21-14)13-17-12(18-20-13)6-9-2-4-10(19)5-3-9/h2-5,7-8,19H,6,15H2,1H3. The lowest BCUT2D eigenvalue weighted by Gasteiger charge is -1.96. The van der Waals surface area contributed by atoms with Crippen molar-refractivity contribution in [2.75, 3.05) is 0 Å². The number of phenols is 1. The first kappa shape index (κ1) is 13.7. The molecule has 0 aliphatic heterocycles. The largest absolute Gasteiger partial charge is 0.508 e. The minimum Gasteiger partial charge on any atom is -0.508 e. The summed E-state index contributed by atoms with van der Waals surface area (Å²) in [6.45, 7) is 1.88. The molecule has 0 radical (unpaired) electrons. The lowest BCUT2D eigenvalue weighted by atomic mass is 10.1. The molecule has 7 heteroatoms. The van der Waals surface area contributed by atoms with Crippen molar-refractivity contribution < 1.29 is 9.63 Å². The zero-order chi connectivity index (χ0) is 14.8. The van der Waals surface area contributed by atoms with Crippen LogP contribution in [0.15, 0.2) is 34.2 Å². The highest BCUT2D eigenvalue weighted by atomic mass is 32.1. The molecule has 2 aromatic heterocycles. The summed E-state index contributed by atoms with van der Waals surface area (Å²) in [5, 5.41) is 15.9. The van der Waals surface area contributed by atoms with Crippen LogP contribution >= 0.6 is 11.3 Å². The minimum atomic E-state index is -0.108. The number of rotatable bonds is 4. The highest BCUT2D eigenvalue weighted by Crippen LogP contribution is 2.23. The van der Waals surface area contributed by atoms with E-state index >= 15 is 0 Å². The molecule has 0 saturated heterocycles. The van der Waals surface area contributed by atoms with Gasteiger partial charge in [-0.2, -0.15) is 4.98 Å². The molecule has 2 heterocycles. The average Bonchev–Trinajstić information content (AvgIpc) is 3.10. The van der Waals surface area contributed by atoms with Crippen LogP contribution in [0.4, 0.5) is 0 Å². The number of aromatic nitrogens is 3. The molecule has 0 saturated carbocycles. The minimum absolute atomic E-state index is 0.108. The molecule has 1 atom stereocenters. The number of nitrogens with two attached hydrogens (primary N) is 1. The monoisotopic (exact) mass is 302 g/mol. The molecule has 3 aromatic rings. The van der Waals surface area contributed by atoms with Gasteiger partial charge in [-0.15, -0.1) is 11.3 Å². The van der Waals surface area contributed by atoms with Crippen LogP contribution in [-0.2, 0) is 6.42 Å². The van der Waals surface area contributed by atoms with E-state index in [-0.39, 0.29) is 11.8 Å². The van der Waals surface area contributed by atoms with Crippen molar-refractivity contribution >= 4 is 11.3 Å². The fraction of sp³-hybridized carbons (Fsp3) is 0.214. The van der Waals surface area contributed by atoms with Crippen LogP contribution in [0.1, 0.15) is 29.4 Å². The van der Waals surface area contributed by atoms with E-state index in [0.717, 1.165) is 10.6 Å². The molecule has 0 aliphatic carbocycles. The molecule has 0 aliphatic rings. The number of phenolic OH excluding ortho intramolecular Hbond substituents is 1. The Morgan fingerprint density at radius 2 is 2.05 bits per heavy atom. The molecule has 0 amide bonds. The summed E-state index contributed by atoms with van der Waals surface area (Å²) in [6, 6.07) is 6.80. The van der Waals surface area contributed by atoms with E-state index in [4.69, 9.17) is 10.3 Å². The smallest absolute Gasteiger partial charge is 0.277 e. The number of thiazole rings is 1. The number of hydrogen-bond donors (Lipinski definition) is 2. The van der Waals surface area contributed by atoms with Crippen molar-refractivity contribution in [3.8, 4) is 17.3 Å². The van der Waals surface area contributed by atoms with Crippen molar-refractivity contribution in [1.29, 1.82) is 0 Å². The SMILES string of the molecule is CC(N)c1nc(-c2nc(Cc3ccc(O)cc3)no2)cs1. The van der Waals surface area contributed by atoms with Crippen molar-refractivity contribution in [1.82, 2.24) is 15.1 Å². The van der Waals surface area contributed by atoms with Gasteiger partial charge in [-0.25, -0.2) is 4.98 Å². The molecule has 108 valence electrons. The molecular weight excluding hydrogens is 288 g/mol. The molecule has 3 N–H and O–H groups in total. The summed E-state index contributed by atoms with van der Waals surface area (Å²) in [5.41, 5.74) is 7.43. The number of aromatic hydroxyl groups is 1. The lowest BCUT2D eigenvalue weighted by Crippen LogP contribution is -2.03. The van der Waals surface area contributed by atoms with Crippen LogP contribution in [0.2, 0.25) is 0 Å². The fourth-order valence-corrected chi connectivity index (χ4v) is 2.57. The zero-order valence-corrected chi connectivity index (χ0v) is 12.2. The Kier molecular flexibility index (Phi) is 3.68. The highest BCUT2D eigenvalue weighted by Gasteiger charge is 2.14. The summed E-state index contributed by atoms with van der Waals surface area (Å²) < 4.78 is 5.23. The summed E-state index contributed by atoms with van der Waals surface area (Å²) in [7, 11) is 0. The second-order valence-electron chi connectivity index (χ2n) is 4.72. The van der Waals surface area contributed by atoms with Crippen LogP contribution in [0.3, 0.4) is 0 Å². The van der Waals surface area contributed by atoms with Crippen molar-refractivity contribution in [3.63, 3.8) is 0 Å². The van der Waals surface area contributed by atoms with Gasteiger partial charge in [0.1, 0.15) is 16.5 Å². The highest BCUT2D eigenvalue weighted by molar-refractivity contribution is 7.10. The normalized spacial score (nSPS) is 12.5. The Balaban J connectivity index is 1.77. The van der Waals surface area contributed by atoms with Gasteiger partial charge in [0.25, 0.3) is 5.89 Å². The summed E-state index contributed by atoms with van der Waals surface area (Å²) in [6.07, 6.45) is 0.536. The Labute approximate surface area is 125 Å². The van der Waals surface area contributed by atoms with E-state index in [9.17, 15) is 5.11 Å². The maximum absolute atomic E-state index is 9.26. The second kappa shape index (κ2) is 5.63. The summed E-state index contributed by atoms with van der Waals surface area (Å²) in [4.78, 5) is 8.71. The quantitative estimate of drug-likeness (QED) is 0.768. The van der Waals surface area contributed by atoms with Crippen molar-refractivity contribution in [2.45, 2.75) is 19.4 Å². The van der Waals surface area contributed by atoms with E-state index in [1.165, 1.54) is 11.3 Å². The molecule has 0 spiro atoms. The van der Waals surface area contributed by atoms with Gasteiger partial charge in [-0.05, 0) is 24.6 Å². The van der Waals surface area contributed by atoms with Crippen LogP contribution in [-0.4, -0.2) is 20.2 Å². The van der Waals surface area contributed by atoms with Crippen molar-refractivity contribution in [2.24, 2.45) is 5.73 Å². The number of benzene rings is 1. The first-order valence-electron chi connectivity index (χ1n) is 6.43. The topological polar surface area (TPSA) is 98.1 Å². The molecule has 6 nitrogen and oxygen atoms in total. The number of hydrogen-bond acceptors (Lipinski definition) is 7. The van der Waals surface area contributed by atoms with Crippen LogP contribution in [0.5, 0.6) is 5.75 Å². The Morgan fingerprint density at radius 1 is 1.29 bits per heavy atom. The van der Waals surface area contributed by atoms with E-state index in [1.807, 2.05) is 24.4 Å². The third kappa shape index (κ3) is 3.09. The Morgan fingerprint density at radius 3 is 2.71 bits per heavy atom. The lowest BCUT2D eigenvalue weighted by molar-refractivity contribution is 0.422. The molecule has 1 aromatic carbocycles. The first-order valence-corrected chi connectivity index (χ1v) is 7.31. The first-order chi connectivity index (χ1) is 10.1. The second-order valence-corrected chi connectivity index (χ2v) is 5.61. The van der Waals surface area contributed by atoms with E-state index in [2.05, 4.69) is 15.1 Å². The average molecular weight is 302 g/mol. The van der Waals surface area contributed by atoms with Crippen LogP contribution in [0.25, 0.3) is 11.6 Å². The third-order valence-corrected chi connectivity index (χ3v) is 3.94. The molecule has 3 rings (SSSR count). The maximum Gasteiger partial charge on any atom is 0.277 e. The van der Waals surface area contributed by atoms with Gasteiger partial charge in [0.2, 0.25) is 0 Å². The molecule has 21 heavy (non-hydrogen) atoms. The van der Waals surface area contributed by atoms with E-state index < -0.39 is 0 Å². The summed E-state index contributed by atoms with van der Waals surface area (Å²) >= 11 is 1.48. The molecule has 0 fully saturated rings. The zero-order valence-electron chi connectivity index (χ0n) is 11.4. The summed E-state index contributed by atoms with van der Waals surface area (Å²) in [5.74, 6) is 1.21. The van der Waals surface area contributed by atoms with E-state index in [0.29, 0.717) is 23.8 Å². The van der Waals surface area contributed by atoms with Gasteiger partial charge >= 0.3 is 0 Å². The van der Waals surface area contributed by atoms with Gasteiger partial charge in [0.05, 0.1) is 6.04 Å². The van der Waals surface area contributed by atoms with Crippen molar-refractivity contribution in [3.05, 3.63) is 46.0 Å². The molecule has 0 bridgehead atoms. The fourth-order valence-electron chi connectivity index (χ4n) is 1.82. The van der Waals surface area contributed by atoms with Gasteiger partial charge in [0, 0.05) is 11.8 Å². The van der Waals surface area contributed by atoms with Gasteiger partial charge < -0.3 is 15.4 Å². The van der Waals surface area contributed by atoms with Gasteiger partial charge in [-0.3, -0.25) is 0 Å². The maximum atomic E-state index is 9.26. The van der Waals surface area contributed by atoms with E-state index in [1.54, 1.807) is 12.1 Å². The predicted octanol–water partition coefficient (Wildman–Crippen LogP) is 2.51. The molecular formula is C14H14N4O2S. The Bertz CT molecular complexity index is 734. The van der Waals surface area contributed by atoms with Crippen LogP contribution in [0, 0.1) is 0 Å². The van der Waals surface area contributed by atoms with Crippen LogP contribution < -0.4 is 5.73 Å². The predicted molar refractivity (Wildman–Crippen MR) is 78.9 cm³/mol. The number of nitrogens with zero attached hydrogens (tertiary/aromatic N) is 3. The van der Waals surface area contributed by atoms with Gasteiger partial charge in [-0.1, -0.05) is 17.3 Å². The molecule has 1 unspecified atom stereocenters. The third-order valence-electron chi connectivity index (χ3n) is 2.90. The van der Waals surface area contributed by atoms with Gasteiger partial charge in [0.15, 0.2) is 5.82 Å².